The van der Waals surface area contributed by atoms with Gasteiger partial charge in [0.2, 0.25) is 0 Å². The molecule has 0 aromatic rings. The maximum atomic E-state index is 4.85. The van der Waals surface area contributed by atoms with Crippen molar-refractivity contribution in [3.63, 3.8) is 0 Å². The molecule has 1 N–H and O–H groups in total. The number of nitrogens with zero attached hydrogens (tertiary/aromatic N) is 1. The van der Waals surface area contributed by atoms with Crippen LogP contribution in [0.15, 0.2) is 4.99 Å². The average Bonchev–Trinajstić information content (AvgIpc) is 2.22. The fraction of sp³-hybridized carbons (Fsp3) is 0.917. The molecule has 1 aliphatic heterocycles. The lowest BCUT2D eigenvalue weighted by Crippen LogP contribution is -2.36. The first-order chi connectivity index (χ1) is 7.24. The third-order valence-electron chi connectivity index (χ3n) is 3.44. The van der Waals surface area contributed by atoms with E-state index in [1.165, 1.54) is 43.0 Å². The van der Waals surface area contributed by atoms with Gasteiger partial charge in [-0.25, -0.2) is 0 Å². The SMILES string of the molecule is CC1CCC(N=C2NC(C)CCS2)CC1. The molecule has 2 rings (SSSR count). The molecule has 1 atom stereocenters. The maximum absolute atomic E-state index is 4.85. The van der Waals surface area contributed by atoms with Crippen molar-refractivity contribution in [1.82, 2.24) is 5.32 Å². The first kappa shape index (κ1) is 11.3. The molecule has 0 aromatic heterocycles. The van der Waals surface area contributed by atoms with E-state index in [0.29, 0.717) is 12.1 Å². The van der Waals surface area contributed by atoms with Crippen LogP contribution in [-0.2, 0) is 0 Å². The number of thioether (sulfide) groups is 1. The van der Waals surface area contributed by atoms with Crippen LogP contribution >= 0.6 is 11.8 Å². The molecule has 0 bridgehead atoms. The monoisotopic (exact) mass is 226 g/mol. The molecule has 15 heavy (non-hydrogen) atoms. The highest BCUT2D eigenvalue weighted by Crippen LogP contribution is 2.26. The van der Waals surface area contributed by atoms with Gasteiger partial charge in [-0.05, 0) is 44.9 Å². The molecule has 0 amide bonds. The van der Waals surface area contributed by atoms with E-state index in [1.807, 2.05) is 11.8 Å². The van der Waals surface area contributed by atoms with Gasteiger partial charge in [-0.1, -0.05) is 18.7 Å². The van der Waals surface area contributed by atoms with Crippen molar-refractivity contribution in [3.8, 4) is 0 Å². The summed E-state index contributed by atoms with van der Waals surface area (Å²) in [4.78, 5) is 4.85. The van der Waals surface area contributed by atoms with Crippen LogP contribution in [0.3, 0.4) is 0 Å². The van der Waals surface area contributed by atoms with Crippen LogP contribution < -0.4 is 5.32 Å². The first-order valence-corrected chi connectivity index (χ1v) is 7.19. The third-order valence-corrected chi connectivity index (χ3v) is 4.38. The third kappa shape index (κ3) is 3.40. The molecule has 1 unspecified atom stereocenters. The van der Waals surface area contributed by atoms with Gasteiger partial charge in [0.05, 0.1) is 6.04 Å². The molecule has 1 heterocycles. The highest BCUT2D eigenvalue weighted by atomic mass is 32.2. The highest BCUT2D eigenvalue weighted by molar-refractivity contribution is 8.13. The van der Waals surface area contributed by atoms with E-state index >= 15 is 0 Å². The molecule has 86 valence electrons. The molecule has 2 aliphatic rings. The number of nitrogens with one attached hydrogen (secondary N) is 1. The Hall–Kier alpha value is -0.180. The van der Waals surface area contributed by atoms with Crippen molar-refractivity contribution in [1.29, 1.82) is 0 Å². The Balaban J connectivity index is 1.86. The standard InChI is InChI=1S/C12H22N2S/c1-9-3-5-11(6-4-9)14-12-13-10(2)7-8-15-12/h9-11H,3-8H2,1-2H3,(H,13,14). The second-order valence-electron chi connectivity index (χ2n) is 5.03. The van der Waals surface area contributed by atoms with Crippen molar-refractivity contribution in [2.24, 2.45) is 10.9 Å². The van der Waals surface area contributed by atoms with Crippen LogP contribution in [0.5, 0.6) is 0 Å². The van der Waals surface area contributed by atoms with Gasteiger partial charge in [-0.15, -0.1) is 0 Å². The van der Waals surface area contributed by atoms with Gasteiger partial charge in [0.25, 0.3) is 0 Å². The minimum atomic E-state index is 0.599. The van der Waals surface area contributed by atoms with Crippen LogP contribution in [0.4, 0.5) is 0 Å². The lowest BCUT2D eigenvalue weighted by Gasteiger charge is -2.27. The summed E-state index contributed by atoms with van der Waals surface area (Å²) in [6.07, 6.45) is 6.58. The average molecular weight is 226 g/mol. The van der Waals surface area contributed by atoms with Crippen LogP contribution in [0.2, 0.25) is 0 Å². The Morgan fingerprint density at radius 2 is 1.87 bits per heavy atom. The number of amidine groups is 1. The van der Waals surface area contributed by atoms with Gasteiger partial charge < -0.3 is 5.32 Å². The van der Waals surface area contributed by atoms with Crippen LogP contribution in [0.1, 0.15) is 46.0 Å². The van der Waals surface area contributed by atoms with Crippen molar-refractivity contribution < 1.29 is 0 Å². The van der Waals surface area contributed by atoms with E-state index in [1.54, 1.807) is 0 Å². The number of rotatable bonds is 1. The lowest BCUT2D eigenvalue weighted by molar-refractivity contribution is 0.349. The topological polar surface area (TPSA) is 24.4 Å². The number of hydrogen-bond donors (Lipinski definition) is 1. The Labute approximate surface area is 97.3 Å². The first-order valence-electron chi connectivity index (χ1n) is 6.21. The molecule has 2 nitrogen and oxygen atoms in total. The molecule has 0 aromatic carbocycles. The molecule has 1 saturated heterocycles. The quantitative estimate of drug-likeness (QED) is 0.743. The van der Waals surface area contributed by atoms with Gasteiger partial charge in [-0.2, -0.15) is 0 Å². The van der Waals surface area contributed by atoms with Gasteiger partial charge >= 0.3 is 0 Å². The second kappa shape index (κ2) is 5.24. The van der Waals surface area contributed by atoms with E-state index < -0.39 is 0 Å². The summed E-state index contributed by atoms with van der Waals surface area (Å²) in [5.74, 6) is 2.16. The number of aliphatic imine (C=N–C) groups is 1. The van der Waals surface area contributed by atoms with Gasteiger partial charge in [0.1, 0.15) is 0 Å². The maximum Gasteiger partial charge on any atom is 0.157 e. The summed E-state index contributed by atoms with van der Waals surface area (Å²) in [6, 6.07) is 1.22. The zero-order chi connectivity index (χ0) is 10.7. The van der Waals surface area contributed by atoms with Crippen molar-refractivity contribution in [3.05, 3.63) is 0 Å². The largest absolute Gasteiger partial charge is 0.362 e. The van der Waals surface area contributed by atoms with Crippen molar-refractivity contribution in [2.75, 3.05) is 5.75 Å². The Morgan fingerprint density at radius 3 is 2.53 bits per heavy atom. The van der Waals surface area contributed by atoms with Crippen molar-refractivity contribution >= 4 is 16.9 Å². The van der Waals surface area contributed by atoms with E-state index in [9.17, 15) is 0 Å². The predicted molar refractivity (Wildman–Crippen MR) is 68.5 cm³/mol. The van der Waals surface area contributed by atoms with E-state index in [4.69, 9.17) is 4.99 Å². The summed E-state index contributed by atoms with van der Waals surface area (Å²) in [5.41, 5.74) is 0. The second-order valence-corrected chi connectivity index (χ2v) is 6.11. The summed E-state index contributed by atoms with van der Waals surface area (Å²) in [5, 5.41) is 4.69. The Kier molecular flexibility index (Phi) is 3.95. The van der Waals surface area contributed by atoms with Crippen LogP contribution in [0.25, 0.3) is 0 Å². The summed E-state index contributed by atoms with van der Waals surface area (Å²) < 4.78 is 0. The Bertz CT molecular complexity index is 232. The summed E-state index contributed by atoms with van der Waals surface area (Å²) in [7, 11) is 0. The molecule has 3 heteroatoms. The predicted octanol–water partition coefficient (Wildman–Crippen LogP) is 3.04. The molecular weight excluding hydrogens is 204 g/mol. The van der Waals surface area contributed by atoms with Crippen LogP contribution in [0, 0.1) is 5.92 Å². The van der Waals surface area contributed by atoms with Crippen LogP contribution in [-0.4, -0.2) is 23.0 Å². The van der Waals surface area contributed by atoms with Gasteiger partial charge in [0, 0.05) is 11.8 Å². The smallest absolute Gasteiger partial charge is 0.157 e. The van der Waals surface area contributed by atoms with E-state index in [-0.39, 0.29) is 0 Å². The minimum absolute atomic E-state index is 0.599. The normalized spacial score (nSPS) is 40.1. The molecule has 1 saturated carbocycles. The summed E-state index contributed by atoms with van der Waals surface area (Å²) in [6.45, 7) is 4.61. The molecule has 0 radical (unpaired) electrons. The fourth-order valence-corrected chi connectivity index (χ4v) is 3.44. The molecule has 1 aliphatic carbocycles. The van der Waals surface area contributed by atoms with Crippen molar-refractivity contribution in [2.45, 2.75) is 58.0 Å². The van der Waals surface area contributed by atoms with Gasteiger partial charge in [0.15, 0.2) is 5.17 Å². The number of hydrogen-bond acceptors (Lipinski definition) is 2. The van der Waals surface area contributed by atoms with E-state index in [0.717, 1.165) is 5.92 Å². The zero-order valence-corrected chi connectivity index (χ0v) is 10.6. The summed E-state index contributed by atoms with van der Waals surface area (Å²) >= 11 is 1.90. The molecule has 2 fully saturated rings. The molecular formula is C12H22N2S. The highest BCUT2D eigenvalue weighted by Gasteiger charge is 2.19. The molecule has 0 spiro atoms. The lowest BCUT2D eigenvalue weighted by atomic mass is 9.88. The zero-order valence-electron chi connectivity index (χ0n) is 9.83. The Morgan fingerprint density at radius 1 is 1.13 bits per heavy atom. The van der Waals surface area contributed by atoms with Gasteiger partial charge in [-0.3, -0.25) is 4.99 Å². The minimum Gasteiger partial charge on any atom is -0.362 e. The van der Waals surface area contributed by atoms with E-state index in [2.05, 4.69) is 19.2 Å². The fourth-order valence-electron chi connectivity index (χ4n) is 2.27.